The minimum Gasteiger partial charge on any atom is -0.252 e. The maximum absolute atomic E-state index is 12.3. The van der Waals surface area contributed by atoms with E-state index >= 15 is 0 Å². The zero-order valence-corrected chi connectivity index (χ0v) is 8.15. The van der Waals surface area contributed by atoms with Gasteiger partial charge in [0, 0.05) is 16.3 Å². The summed E-state index contributed by atoms with van der Waals surface area (Å²) in [4.78, 5) is 3.67. The maximum Gasteiger partial charge on any atom is 0.280 e. The molecule has 1 aromatic rings. The highest BCUT2D eigenvalue weighted by Crippen LogP contribution is 2.25. The van der Waals surface area contributed by atoms with Gasteiger partial charge in [-0.15, -0.1) is 0 Å². The molecule has 0 atom stereocenters. The summed E-state index contributed by atoms with van der Waals surface area (Å²) >= 11 is 5.73. The van der Waals surface area contributed by atoms with Crippen molar-refractivity contribution in [1.82, 2.24) is 4.98 Å². The smallest absolute Gasteiger partial charge is 0.252 e. The van der Waals surface area contributed by atoms with Crippen LogP contribution in [0, 0.1) is 18.3 Å². The Labute approximate surface area is 85.1 Å². The van der Waals surface area contributed by atoms with E-state index in [0.29, 0.717) is 11.3 Å². The van der Waals surface area contributed by atoms with Crippen LogP contribution < -0.4 is 0 Å². The Bertz CT molecular complexity index is 362. The monoisotopic (exact) mass is 216 g/mol. The summed E-state index contributed by atoms with van der Waals surface area (Å²) in [7, 11) is 0. The number of aromatic nitrogens is 1. The molecule has 0 aliphatic rings. The van der Waals surface area contributed by atoms with E-state index in [1.165, 1.54) is 0 Å². The number of alkyl halides is 2. The van der Waals surface area contributed by atoms with Crippen molar-refractivity contribution >= 4 is 11.6 Å². The topological polar surface area (TPSA) is 36.7 Å². The molecule has 1 rings (SSSR count). The van der Waals surface area contributed by atoms with Crippen molar-refractivity contribution in [3.05, 3.63) is 28.0 Å². The van der Waals surface area contributed by atoms with Crippen LogP contribution in [0.25, 0.3) is 0 Å². The first-order chi connectivity index (χ1) is 6.56. The van der Waals surface area contributed by atoms with E-state index in [1.807, 2.05) is 6.07 Å². The second-order valence-electron chi connectivity index (χ2n) is 2.73. The molecule has 1 heterocycles. The number of pyridine rings is 1. The van der Waals surface area contributed by atoms with Gasteiger partial charge in [0.25, 0.3) is 6.43 Å². The minimum atomic E-state index is -2.64. The van der Waals surface area contributed by atoms with Crippen LogP contribution in [-0.4, -0.2) is 4.98 Å². The quantitative estimate of drug-likeness (QED) is 0.762. The third-order valence-electron chi connectivity index (χ3n) is 1.78. The molecule has 0 aromatic carbocycles. The Balaban J connectivity index is 3.19. The average Bonchev–Trinajstić information content (AvgIpc) is 2.10. The van der Waals surface area contributed by atoms with Gasteiger partial charge >= 0.3 is 0 Å². The van der Waals surface area contributed by atoms with E-state index in [-0.39, 0.29) is 17.1 Å². The van der Waals surface area contributed by atoms with Gasteiger partial charge in [-0.25, -0.2) is 8.78 Å². The largest absolute Gasteiger partial charge is 0.280 e. The highest BCUT2D eigenvalue weighted by molar-refractivity contribution is 6.31. The first kappa shape index (κ1) is 10.9. The Kier molecular flexibility index (Phi) is 3.37. The fourth-order valence-electron chi connectivity index (χ4n) is 1.09. The fourth-order valence-corrected chi connectivity index (χ4v) is 1.40. The van der Waals surface area contributed by atoms with Crippen LogP contribution in [0.3, 0.4) is 0 Å². The van der Waals surface area contributed by atoms with Crippen LogP contribution in [0.15, 0.2) is 6.07 Å². The van der Waals surface area contributed by atoms with Crippen LogP contribution in [0.2, 0.25) is 5.02 Å². The van der Waals surface area contributed by atoms with Gasteiger partial charge in [0.1, 0.15) is 5.69 Å². The van der Waals surface area contributed by atoms with Crippen molar-refractivity contribution in [2.75, 3.05) is 0 Å². The van der Waals surface area contributed by atoms with Gasteiger partial charge in [0.05, 0.1) is 12.5 Å². The molecule has 74 valence electrons. The first-order valence-electron chi connectivity index (χ1n) is 3.87. The van der Waals surface area contributed by atoms with Crippen molar-refractivity contribution in [2.24, 2.45) is 0 Å². The van der Waals surface area contributed by atoms with Gasteiger partial charge in [-0.2, -0.15) is 5.26 Å². The zero-order valence-electron chi connectivity index (χ0n) is 7.39. The highest BCUT2D eigenvalue weighted by atomic mass is 35.5. The van der Waals surface area contributed by atoms with Crippen molar-refractivity contribution in [1.29, 1.82) is 5.26 Å². The van der Waals surface area contributed by atoms with E-state index < -0.39 is 6.43 Å². The van der Waals surface area contributed by atoms with E-state index in [2.05, 4.69) is 4.98 Å². The lowest BCUT2D eigenvalue weighted by atomic mass is 10.1. The van der Waals surface area contributed by atoms with Gasteiger partial charge in [-0.3, -0.25) is 4.98 Å². The fraction of sp³-hybridized carbons (Fsp3) is 0.333. The molecule has 0 saturated heterocycles. The molecule has 0 radical (unpaired) electrons. The third kappa shape index (κ3) is 2.18. The molecule has 0 bridgehead atoms. The molecule has 1 aromatic heterocycles. The third-order valence-corrected chi connectivity index (χ3v) is 2.11. The number of hydrogen-bond donors (Lipinski definition) is 0. The summed E-state index contributed by atoms with van der Waals surface area (Å²) in [5.74, 6) is 0. The molecule has 0 saturated carbocycles. The molecule has 14 heavy (non-hydrogen) atoms. The molecule has 2 nitrogen and oxygen atoms in total. The first-order valence-corrected chi connectivity index (χ1v) is 4.25. The Morgan fingerprint density at radius 2 is 2.29 bits per heavy atom. The molecule has 0 fully saturated rings. The SMILES string of the molecule is Cc1nc(C(F)F)cc(Cl)c1CC#N. The van der Waals surface area contributed by atoms with Crippen LogP contribution in [0.4, 0.5) is 8.78 Å². The lowest BCUT2D eigenvalue weighted by Gasteiger charge is -2.06. The predicted octanol–water partition coefficient (Wildman–Crippen LogP) is 3.05. The summed E-state index contributed by atoms with van der Waals surface area (Å²) in [5.41, 5.74) is 0.544. The number of aryl methyl sites for hydroxylation is 1. The summed E-state index contributed by atoms with van der Waals surface area (Å²) in [6.45, 7) is 1.56. The van der Waals surface area contributed by atoms with E-state index in [4.69, 9.17) is 16.9 Å². The summed E-state index contributed by atoms with van der Waals surface area (Å²) < 4.78 is 24.5. The lowest BCUT2D eigenvalue weighted by molar-refractivity contribution is 0.146. The Hall–Kier alpha value is -1.21. The summed E-state index contributed by atoms with van der Waals surface area (Å²) in [6.07, 6.45) is -2.55. The molecule has 0 amide bonds. The molecular formula is C9H7ClF2N2. The normalized spacial score (nSPS) is 10.3. The number of hydrogen-bond acceptors (Lipinski definition) is 2. The van der Waals surface area contributed by atoms with Gasteiger partial charge < -0.3 is 0 Å². The minimum absolute atomic E-state index is 0.0845. The predicted molar refractivity (Wildman–Crippen MR) is 48.3 cm³/mol. The molecule has 5 heteroatoms. The average molecular weight is 217 g/mol. The number of nitrogens with zero attached hydrogens (tertiary/aromatic N) is 2. The van der Waals surface area contributed by atoms with Crippen molar-refractivity contribution < 1.29 is 8.78 Å². The number of halogens is 3. The summed E-state index contributed by atoms with van der Waals surface area (Å²) in [5, 5.41) is 8.64. The Morgan fingerprint density at radius 1 is 1.64 bits per heavy atom. The van der Waals surface area contributed by atoms with Crippen molar-refractivity contribution in [3.8, 4) is 6.07 Å². The van der Waals surface area contributed by atoms with Gasteiger partial charge in [-0.05, 0) is 13.0 Å². The Morgan fingerprint density at radius 3 is 2.71 bits per heavy atom. The van der Waals surface area contributed by atoms with Gasteiger partial charge in [0.15, 0.2) is 0 Å². The summed E-state index contributed by atoms with van der Waals surface area (Å²) in [6, 6.07) is 3.01. The second-order valence-corrected chi connectivity index (χ2v) is 3.14. The van der Waals surface area contributed by atoms with Crippen molar-refractivity contribution in [2.45, 2.75) is 19.8 Å². The van der Waals surface area contributed by atoms with Gasteiger partial charge in [-0.1, -0.05) is 11.6 Å². The zero-order chi connectivity index (χ0) is 10.7. The van der Waals surface area contributed by atoms with E-state index in [9.17, 15) is 8.78 Å². The van der Waals surface area contributed by atoms with Crippen LogP contribution in [0.5, 0.6) is 0 Å². The van der Waals surface area contributed by atoms with Crippen LogP contribution >= 0.6 is 11.6 Å². The highest BCUT2D eigenvalue weighted by Gasteiger charge is 2.14. The van der Waals surface area contributed by atoms with Crippen LogP contribution in [-0.2, 0) is 6.42 Å². The standard InChI is InChI=1S/C9H7ClF2N2/c1-5-6(2-3-13)7(10)4-8(14-5)9(11)12/h4,9H,2H2,1H3. The van der Waals surface area contributed by atoms with E-state index in [1.54, 1.807) is 6.92 Å². The second kappa shape index (κ2) is 4.34. The van der Waals surface area contributed by atoms with Crippen molar-refractivity contribution in [3.63, 3.8) is 0 Å². The molecule has 0 aliphatic carbocycles. The lowest BCUT2D eigenvalue weighted by Crippen LogP contribution is -1.98. The molecule has 0 N–H and O–H groups in total. The number of nitriles is 1. The van der Waals surface area contributed by atoms with Crippen LogP contribution in [0.1, 0.15) is 23.4 Å². The molecule has 0 unspecified atom stereocenters. The van der Waals surface area contributed by atoms with E-state index in [0.717, 1.165) is 6.07 Å². The molecular weight excluding hydrogens is 210 g/mol. The number of rotatable bonds is 2. The molecule has 0 aliphatic heterocycles. The molecule has 0 spiro atoms. The maximum atomic E-state index is 12.3. The van der Waals surface area contributed by atoms with Gasteiger partial charge in [0.2, 0.25) is 0 Å².